The van der Waals surface area contributed by atoms with Crippen LogP contribution in [0.25, 0.3) is 24.3 Å². The van der Waals surface area contributed by atoms with E-state index in [-0.39, 0.29) is 0 Å². The fraction of sp³-hybridized carbons (Fsp3) is 0.0909. The summed E-state index contributed by atoms with van der Waals surface area (Å²) in [5, 5.41) is 1.89. The molecule has 0 aromatic carbocycles. The van der Waals surface area contributed by atoms with E-state index in [9.17, 15) is 0 Å². The molecule has 23 heavy (non-hydrogen) atoms. The Hall–Kier alpha value is -2.80. The second-order valence-electron chi connectivity index (χ2n) is 5.03. The summed E-state index contributed by atoms with van der Waals surface area (Å²) < 4.78 is 0. The number of hydrogen-bond acceptors (Lipinski definition) is 0. The molecular weight excluding hydrogens is 278 g/mol. The molecule has 0 radical (unpaired) electrons. The Morgan fingerprint density at radius 1 is 1.00 bits per heavy atom. The minimum Gasteiger partial charge on any atom is -0.355 e. The van der Waals surface area contributed by atoms with Crippen molar-refractivity contribution in [1.82, 2.24) is 4.98 Å². The van der Waals surface area contributed by atoms with Gasteiger partial charge in [0, 0.05) is 21.8 Å². The predicted molar refractivity (Wildman–Crippen MR) is 106 cm³/mol. The smallest absolute Gasteiger partial charge is 0.0470 e. The molecule has 0 amide bonds. The molecule has 0 aliphatic carbocycles. The van der Waals surface area contributed by atoms with E-state index in [1.807, 2.05) is 68.5 Å². The van der Waals surface area contributed by atoms with Crippen LogP contribution in [0.4, 0.5) is 0 Å². The number of H-pyrrole nitrogens is 1. The number of hydrogen-bond donors (Lipinski definition) is 1. The number of rotatable bonds is 7. The minimum absolute atomic E-state index is 0.857. The maximum Gasteiger partial charge on any atom is 0.0470 e. The van der Waals surface area contributed by atoms with Crippen LogP contribution in [0.15, 0.2) is 73.9 Å². The molecule has 1 aromatic heterocycles. The molecule has 1 heteroatoms. The van der Waals surface area contributed by atoms with Crippen molar-refractivity contribution < 1.29 is 0 Å². The van der Waals surface area contributed by atoms with Crippen molar-refractivity contribution in [2.24, 2.45) is 0 Å². The van der Waals surface area contributed by atoms with Gasteiger partial charge in [0.15, 0.2) is 0 Å². The van der Waals surface area contributed by atoms with E-state index in [0.29, 0.717) is 0 Å². The van der Waals surface area contributed by atoms with Gasteiger partial charge in [-0.15, -0.1) is 0 Å². The zero-order valence-corrected chi connectivity index (χ0v) is 14.1. The molecule has 0 atom stereocenters. The first-order valence-corrected chi connectivity index (χ1v) is 7.57. The second-order valence-corrected chi connectivity index (χ2v) is 5.03. The highest BCUT2D eigenvalue weighted by Gasteiger charge is 2.07. The molecule has 0 bridgehead atoms. The van der Waals surface area contributed by atoms with Gasteiger partial charge in [-0.1, -0.05) is 81.0 Å². The third-order valence-electron chi connectivity index (χ3n) is 3.19. The molecule has 0 saturated carbocycles. The zero-order valence-electron chi connectivity index (χ0n) is 14.1. The highest BCUT2D eigenvalue weighted by atomic mass is 14.7. The summed E-state index contributed by atoms with van der Waals surface area (Å²) in [7, 11) is 0. The van der Waals surface area contributed by atoms with E-state index in [0.717, 1.165) is 33.0 Å². The number of aromatic amines is 1. The predicted octanol–water partition coefficient (Wildman–Crippen LogP) is 4.68. The Morgan fingerprint density at radius 2 is 1.70 bits per heavy atom. The van der Waals surface area contributed by atoms with E-state index < -0.39 is 0 Å². The van der Waals surface area contributed by atoms with Crippen LogP contribution in [-0.4, -0.2) is 4.98 Å². The second kappa shape index (κ2) is 9.26. The van der Waals surface area contributed by atoms with Crippen LogP contribution < -0.4 is 10.6 Å². The van der Waals surface area contributed by atoms with Crippen LogP contribution in [0.3, 0.4) is 0 Å². The summed E-state index contributed by atoms with van der Waals surface area (Å²) in [6.45, 7) is 19.9. The first-order valence-electron chi connectivity index (χ1n) is 7.57. The van der Waals surface area contributed by atoms with Gasteiger partial charge in [0.2, 0.25) is 0 Å². The summed E-state index contributed by atoms with van der Waals surface area (Å²) in [6.07, 6.45) is 19.5. The van der Waals surface area contributed by atoms with Gasteiger partial charge in [0.25, 0.3) is 0 Å². The summed E-state index contributed by atoms with van der Waals surface area (Å²) in [6, 6.07) is 0. The summed E-state index contributed by atoms with van der Waals surface area (Å²) in [5.74, 6) is 0. The molecule has 1 heterocycles. The van der Waals surface area contributed by atoms with Gasteiger partial charge in [-0.3, -0.25) is 0 Å². The molecule has 0 aliphatic heterocycles. The van der Waals surface area contributed by atoms with Gasteiger partial charge in [-0.05, 0) is 31.1 Å². The normalized spacial score (nSPS) is 13.0. The van der Waals surface area contributed by atoms with Crippen molar-refractivity contribution in [2.75, 3.05) is 0 Å². The average molecular weight is 303 g/mol. The molecule has 0 spiro atoms. The van der Waals surface area contributed by atoms with Gasteiger partial charge in [0.1, 0.15) is 0 Å². The molecule has 0 saturated heterocycles. The standard InChI is InChI=1S/C22H25N/c1-7-10-11-14-20-19(6)23-21(16-15-17(4)12-8-2)22(20)18(5)13-9-3/h7-16,23H,1,4-6H2,2-3H3/b11-10-,12-8-,13-9-,16-15-,20-14+. The Balaban J connectivity index is 3.50. The van der Waals surface area contributed by atoms with Crippen molar-refractivity contribution in [3.05, 3.63) is 95.7 Å². The van der Waals surface area contributed by atoms with Crippen molar-refractivity contribution in [3.63, 3.8) is 0 Å². The van der Waals surface area contributed by atoms with Crippen molar-refractivity contribution in [1.29, 1.82) is 0 Å². The van der Waals surface area contributed by atoms with Gasteiger partial charge >= 0.3 is 0 Å². The lowest BCUT2D eigenvalue weighted by molar-refractivity contribution is 1.30. The van der Waals surface area contributed by atoms with Crippen LogP contribution in [-0.2, 0) is 0 Å². The highest BCUT2D eigenvalue weighted by Crippen LogP contribution is 2.15. The maximum atomic E-state index is 4.17. The van der Waals surface area contributed by atoms with E-state index in [1.165, 1.54) is 0 Å². The SMILES string of the molecule is C=C/C=C\C=c1\c(C(=C)/C=C\C)c(/C=C\C(=C)/C=C\C)[nH]c1=C. The monoisotopic (exact) mass is 303 g/mol. The molecule has 118 valence electrons. The third-order valence-corrected chi connectivity index (χ3v) is 3.19. The number of aromatic nitrogens is 1. The number of nitrogens with one attached hydrogen (secondary N) is 1. The van der Waals surface area contributed by atoms with Gasteiger partial charge < -0.3 is 4.98 Å². The van der Waals surface area contributed by atoms with E-state index in [1.54, 1.807) is 6.08 Å². The molecule has 0 aliphatic rings. The maximum absolute atomic E-state index is 4.17. The Bertz CT molecular complexity index is 805. The lowest BCUT2D eigenvalue weighted by Gasteiger charge is -2.00. The minimum atomic E-state index is 0.857. The van der Waals surface area contributed by atoms with Crippen LogP contribution in [0.1, 0.15) is 25.1 Å². The summed E-state index contributed by atoms with van der Waals surface area (Å²) >= 11 is 0. The van der Waals surface area contributed by atoms with Gasteiger partial charge in [0.05, 0.1) is 0 Å². The first-order chi connectivity index (χ1) is 11.0. The van der Waals surface area contributed by atoms with Crippen LogP contribution in [0, 0.1) is 0 Å². The van der Waals surface area contributed by atoms with Crippen LogP contribution >= 0.6 is 0 Å². The fourth-order valence-corrected chi connectivity index (χ4v) is 2.22. The summed E-state index contributed by atoms with van der Waals surface area (Å²) in [5.41, 5.74) is 3.90. The largest absolute Gasteiger partial charge is 0.355 e. The Kier molecular flexibility index (Phi) is 7.35. The fourth-order valence-electron chi connectivity index (χ4n) is 2.22. The van der Waals surface area contributed by atoms with Crippen molar-refractivity contribution in [3.8, 4) is 0 Å². The molecule has 1 nitrogen and oxygen atoms in total. The quantitative estimate of drug-likeness (QED) is 0.704. The van der Waals surface area contributed by atoms with E-state index in [2.05, 4.69) is 31.3 Å². The molecular formula is C22H25N. The number of allylic oxidation sites excluding steroid dienone is 10. The topological polar surface area (TPSA) is 15.8 Å². The van der Waals surface area contributed by atoms with Gasteiger partial charge in [-0.2, -0.15) is 0 Å². The molecule has 1 aromatic rings. The van der Waals surface area contributed by atoms with E-state index in [4.69, 9.17) is 0 Å². The molecule has 1 rings (SSSR count). The highest BCUT2D eigenvalue weighted by molar-refractivity contribution is 5.79. The van der Waals surface area contributed by atoms with Crippen molar-refractivity contribution >= 4 is 24.3 Å². The van der Waals surface area contributed by atoms with Crippen LogP contribution in [0.2, 0.25) is 0 Å². The Morgan fingerprint density at radius 3 is 2.30 bits per heavy atom. The Labute approximate surface area is 139 Å². The average Bonchev–Trinajstić information content (AvgIpc) is 2.82. The third kappa shape index (κ3) is 5.15. The summed E-state index contributed by atoms with van der Waals surface area (Å²) in [4.78, 5) is 3.33. The van der Waals surface area contributed by atoms with E-state index >= 15 is 0 Å². The lowest BCUT2D eigenvalue weighted by Crippen LogP contribution is -2.22. The van der Waals surface area contributed by atoms with Gasteiger partial charge in [-0.25, -0.2) is 0 Å². The molecule has 0 fully saturated rings. The zero-order chi connectivity index (χ0) is 17.2. The molecule has 0 unspecified atom stereocenters. The lowest BCUT2D eigenvalue weighted by atomic mass is 10.0. The van der Waals surface area contributed by atoms with Crippen LogP contribution in [0.5, 0.6) is 0 Å². The molecule has 1 N–H and O–H groups in total. The first kappa shape index (κ1) is 18.2. The van der Waals surface area contributed by atoms with Crippen molar-refractivity contribution in [2.45, 2.75) is 13.8 Å².